The first-order valence-corrected chi connectivity index (χ1v) is 8.74. The zero-order chi connectivity index (χ0) is 13.5. The Morgan fingerprint density at radius 3 is 1.79 bits per heavy atom. The van der Waals surface area contributed by atoms with Crippen LogP contribution in [-0.2, 0) is 0 Å². The van der Waals surface area contributed by atoms with Gasteiger partial charge in [0.2, 0.25) is 0 Å². The van der Waals surface area contributed by atoms with E-state index in [2.05, 4.69) is 13.8 Å². The lowest BCUT2D eigenvalue weighted by molar-refractivity contribution is -0.0962. The van der Waals surface area contributed by atoms with Gasteiger partial charge in [-0.3, -0.25) is 0 Å². The third kappa shape index (κ3) is 2.73. The van der Waals surface area contributed by atoms with Crippen molar-refractivity contribution in [2.45, 2.75) is 90.1 Å². The molecule has 0 saturated heterocycles. The fourth-order valence-corrected chi connectivity index (χ4v) is 5.63. The maximum absolute atomic E-state index is 11.2. The van der Waals surface area contributed by atoms with E-state index in [4.69, 9.17) is 0 Å². The highest BCUT2D eigenvalue weighted by molar-refractivity contribution is 4.99. The molecule has 0 radical (unpaired) electrons. The first-order chi connectivity index (χ1) is 9.01. The van der Waals surface area contributed by atoms with E-state index in [1.54, 1.807) is 0 Å². The van der Waals surface area contributed by atoms with Crippen LogP contribution in [0.5, 0.6) is 0 Å². The molecule has 19 heavy (non-hydrogen) atoms. The zero-order valence-electron chi connectivity index (χ0n) is 13.0. The third-order valence-electron chi connectivity index (χ3n) is 6.78. The molecule has 1 spiro atoms. The maximum atomic E-state index is 11.2. The summed E-state index contributed by atoms with van der Waals surface area (Å²) >= 11 is 0. The van der Waals surface area contributed by atoms with Crippen molar-refractivity contribution in [1.82, 2.24) is 0 Å². The van der Waals surface area contributed by atoms with Gasteiger partial charge >= 0.3 is 0 Å². The van der Waals surface area contributed by atoms with E-state index in [1.165, 1.54) is 57.8 Å². The molecular formula is C18H32O. The minimum absolute atomic E-state index is 0.309. The highest BCUT2D eigenvalue weighted by atomic mass is 16.3. The van der Waals surface area contributed by atoms with Gasteiger partial charge in [0.1, 0.15) is 0 Å². The molecule has 3 aliphatic carbocycles. The van der Waals surface area contributed by atoms with Gasteiger partial charge in [-0.2, -0.15) is 0 Å². The van der Waals surface area contributed by atoms with Gasteiger partial charge in [0.25, 0.3) is 0 Å². The number of hydrogen-bond acceptors (Lipinski definition) is 1. The maximum Gasteiger partial charge on any atom is 0.0676 e. The summed E-state index contributed by atoms with van der Waals surface area (Å²) in [5, 5.41) is 11.2. The molecule has 1 N–H and O–H groups in total. The number of rotatable bonds is 1. The van der Waals surface area contributed by atoms with E-state index in [-0.39, 0.29) is 5.60 Å². The second kappa shape index (κ2) is 5.06. The Bertz CT molecular complexity index is 296. The quantitative estimate of drug-likeness (QED) is 0.712. The molecule has 1 heteroatoms. The molecule has 0 heterocycles. The summed E-state index contributed by atoms with van der Waals surface area (Å²) < 4.78 is 0. The molecule has 3 fully saturated rings. The Kier molecular flexibility index (Phi) is 3.71. The van der Waals surface area contributed by atoms with E-state index in [1.807, 2.05) is 0 Å². The largest absolute Gasteiger partial charge is 0.390 e. The first kappa shape index (κ1) is 13.9. The van der Waals surface area contributed by atoms with E-state index >= 15 is 0 Å². The fourth-order valence-electron chi connectivity index (χ4n) is 5.63. The molecule has 0 aromatic rings. The van der Waals surface area contributed by atoms with Crippen molar-refractivity contribution in [3.05, 3.63) is 0 Å². The molecule has 0 aliphatic heterocycles. The number of hydrogen-bond donors (Lipinski definition) is 1. The summed E-state index contributed by atoms with van der Waals surface area (Å²) in [6.07, 6.45) is 14.5. The summed E-state index contributed by atoms with van der Waals surface area (Å²) in [6, 6.07) is 0. The molecular weight excluding hydrogens is 232 g/mol. The summed E-state index contributed by atoms with van der Waals surface area (Å²) in [6.45, 7) is 4.76. The predicted octanol–water partition coefficient (Wildman–Crippen LogP) is 4.92. The van der Waals surface area contributed by atoms with Gasteiger partial charge in [-0.25, -0.2) is 0 Å². The summed E-state index contributed by atoms with van der Waals surface area (Å²) in [4.78, 5) is 0. The molecule has 2 unspecified atom stereocenters. The minimum atomic E-state index is -0.309. The zero-order valence-corrected chi connectivity index (χ0v) is 13.0. The number of aliphatic hydroxyl groups is 1. The van der Waals surface area contributed by atoms with Crippen LogP contribution in [0.1, 0.15) is 84.5 Å². The van der Waals surface area contributed by atoms with Crippen LogP contribution >= 0.6 is 0 Å². The van der Waals surface area contributed by atoms with E-state index < -0.39 is 0 Å². The van der Waals surface area contributed by atoms with Gasteiger partial charge in [0.15, 0.2) is 0 Å². The summed E-state index contributed by atoms with van der Waals surface area (Å²) in [5.41, 5.74) is 0.342. The second-order valence-electron chi connectivity index (χ2n) is 8.43. The van der Waals surface area contributed by atoms with Crippen molar-refractivity contribution >= 4 is 0 Å². The van der Waals surface area contributed by atoms with Crippen LogP contribution in [-0.4, -0.2) is 10.7 Å². The SMILES string of the molecule is CC1CC(C)CC(C2(O)CCC3(CCCC3)CC2)C1. The minimum Gasteiger partial charge on any atom is -0.390 e. The smallest absolute Gasteiger partial charge is 0.0676 e. The molecule has 110 valence electrons. The van der Waals surface area contributed by atoms with Crippen LogP contribution in [0.15, 0.2) is 0 Å². The van der Waals surface area contributed by atoms with Gasteiger partial charge in [-0.15, -0.1) is 0 Å². The Morgan fingerprint density at radius 1 is 0.737 bits per heavy atom. The average molecular weight is 264 g/mol. The molecule has 0 amide bonds. The molecule has 1 nitrogen and oxygen atoms in total. The first-order valence-electron chi connectivity index (χ1n) is 8.74. The molecule has 2 atom stereocenters. The predicted molar refractivity (Wildman–Crippen MR) is 80.0 cm³/mol. The van der Waals surface area contributed by atoms with Crippen LogP contribution in [0.25, 0.3) is 0 Å². The lowest BCUT2D eigenvalue weighted by Gasteiger charge is -2.48. The van der Waals surface area contributed by atoms with Crippen molar-refractivity contribution in [2.75, 3.05) is 0 Å². The summed E-state index contributed by atoms with van der Waals surface area (Å²) in [5.74, 6) is 2.23. The average Bonchev–Trinajstić information content (AvgIpc) is 2.81. The van der Waals surface area contributed by atoms with E-state index in [9.17, 15) is 5.11 Å². The Balaban J connectivity index is 1.64. The molecule has 3 aliphatic rings. The lowest BCUT2D eigenvalue weighted by atomic mass is 9.60. The highest BCUT2D eigenvalue weighted by Crippen LogP contribution is 2.54. The Hall–Kier alpha value is -0.0400. The van der Waals surface area contributed by atoms with Gasteiger partial charge in [0.05, 0.1) is 5.60 Å². The topological polar surface area (TPSA) is 20.2 Å². The Labute approximate surface area is 119 Å². The van der Waals surface area contributed by atoms with Crippen molar-refractivity contribution in [3.8, 4) is 0 Å². The molecule has 3 rings (SSSR count). The monoisotopic (exact) mass is 264 g/mol. The van der Waals surface area contributed by atoms with Crippen molar-refractivity contribution in [3.63, 3.8) is 0 Å². The lowest BCUT2D eigenvalue weighted by Crippen LogP contribution is -2.46. The third-order valence-corrected chi connectivity index (χ3v) is 6.78. The molecule has 3 saturated carbocycles. The molecule has 0 bridgehead atoms. The van der Waals surface area contributed by atoms with Crippen molar-refractivity contribution < 1.29 is 5.11 Å². The highest BCUT2D eigenvalue weighted by Gasteiger charge is 2.47. The van der Waals surface area contributed by atoms with E-state index in [0.29, 0.717) is 11.3 Å². The van der Waals surface area contributed by atoms with Crippen molar-refractivity contribution in [2.24, 2.45) is 23.2 Å². The second-order valence-corrected chi connectivity index (χ2v) is 8.43. The Morgan fingerprint density at radius 2 is 1.26 bits per heavy atom. The van der Waals surface area contributed by atoms with Gasteiger partial charge in [-0.05, 0) is 81.0 Å². The van der Waals surface area contributed by atoms with Gasteiger partial charge < -0.3 is 5.11 Å². The molecule has 0 aromatic carbocycles. The van der Waals surface area contributed by atoms with E-state index in [0.717, 1.165) is 24.7 Å². The van der Waals surface area contributed by atoms with Crippen LogP contribution in [0.4, 0.5) is 0 Å². The fraction of sp³-hybridized carbons (Fsp3) is 1.00. The van der Waals surface area contributed by atoms with Crippen LogP contribution in [0, 0.1) is 23.2 Å². The van der Waals surface area contributed by atoms with Gasteiger partial charge in [0, 0.05) is 0 Å². The summed E-state index contributed by atoms with van der Waals surface area (Å²) in [7, 11) is 0. The normalized spacial score (nSPS) is 41.5. The van der Waals surface area contributed by atoms with Crippen molar-refractivity contribution in [1.29, 1.82) is 0 Å². The van der Waals surface area contributed by atoms with Crippen LogP contribution < -0.4 is 0 Å². The molecule has 0 aromatic heterocycles. The standard InChI is InChI=1S/C18H32O/c1-14-11-15(2)13-16(12-14)18(19)9-7-17(8-10-18)5-3-4-6-17/h14-16,19H,3-13H2,1-2H3. The van der Waals surface area contributed by atoms with Crippen LogP contribution in [0.2, 0.25) is 0 Å². The van der Waals surface area contributed by atoms with Gasteiger partial charge in [-0.1, -0.05) is 26.7 Å². The van der Waals surface area contributed by atoms with Crippen LogP contribution in [0.3, 0.4) is 0 Å².